The van der Waals surface area contributed by atoms with Gasteiger partial charge in [0.25, 0.3) is 0 Å². The molecule has 0 bridgehead atoms. The molecule has 0 aliphatic rings. The summed E-state index contributed by atoms with van der Waals surface area (Å²) in [5, 5.41) is 4.02. The van der Waals surface area contributed by atoms with E-state index in [-0.39, 0.29) is 0 Å². The number of pyridine rings is 1. The average molecular weight is 175 g/mol. The van der Waals surface area contributed by atoms with Gasteiger partial charge in [-0.2, -0.15) is 9.78 Å². The molecule has 13 heavy (non-hydrogen) atoms. The lowest BCUT2D eigenvalue weighted by Crippen LogP contribution is -2.08. The highest BCUT2D eigenvalue weighted by atomic mass is 15.4. The Kier molecular flexibility index (Phi) is 2.01. The SMILES string of the molecule is NCc1ncnn1-c1ccccn1. The van der Waals surface area contributed by atoms with Gasteiger partial charge in [-0.15, -0.1) is 0 Å². The van der Waals surface area contributed by atoms with Crippen LogP contribution in [-0.2, 0) is 6.54 Å². The van der Waals surface area contributed by atoms with E-state index in [9.17, 15) is 0 Å². The van der Waals surface area contributed by atoms with Crippen molar-refractivity contribution >= 4 is 0 Å². The summed E-state index contributed by atoms with van der Waals surface area (Å²) in [7, 11) is 0. The zero-order valence-electron chi connectivity index (χ0n) is 6.96. The predicted octanol–water partition coefficient (Wildman–Crippen LogP) is 0.121. The fourth-order valence-corrected chi connectivity index (χ4v) is 1.08. The normalized spacial score (nSPS) is 10.2. The summed E-state index contributed by atoms with van der Waals surface area (Å²) in [5.41, 5.74) is 5.48. The zero-order valence-corrected chi connectivity index (χ0v) is 6.96. The summed E-state index contributed by atoms with van der Waals surface area (Å²) in [6.07, 6.45) is 3.17. The molecule has 0 unspecified atom stereocenters. The molecule has 5 heteroatoms. The Morgan fingerprint density at radius 2 is 2.23 bits per heavy atom. The second-order valence-corrected chi connectivity index (χ2v) is 2.48. The number of hydrogen-bond acceptors (Lipinski definition) is 4. The van der Waals surface area contributed by atoms with Crippen LogP contribution in [0, 0.1) is 0 Å². The van der Waals surface area contributed by atoms with Crippen LogP contribution in [0.4, 0.5) is 0 Å². The minimum Gasteiger partial charge on any atom is -0.324 e. The molecule has 2 aromatic rings. The van der Waals surface area contributed by atoms with Gasteiger partial charge in [0.15, 0.2) is 5.82 Å². The van der Waals surface area contributed by atoms with Crippen molar-refractivity contribution in [3.8, 4) is 5.82 Å². The van der Waals surface area contributed by atoms with Gasteiger partial charge in [0.05, 0.1) is 6.54 Å². The van der Waals surface area contributed by atoms with Gasteiger partial charge in [-0.05, 0) is 12.1 Å². The standard InChI is InChI=1S/C8H9N5/c9-5-8-11-6-12-13(8)7-3-1-2-4-10-7/h1-4,6H,5,9H2. The molecule has 0 aliphatic heterocycles. The maximum absolute atomic E-state index is 5.48. The number of hydrogen-bond donors (Lipinski definition) is 1. The van der Waals surface area contributed by atoms with Crippen molar-refractivity contribution in [3.05, 3.63) is 36.5 Å². The summed E-state index contributed by atoms with van der Waals surface area (Å²) in [4.78, 5) is 8.13. The molecule has 5 nitrogen and oxygen atoms in total. The molecule has 2 aromatic heterocycles. The summed E-state index contributed by atoms with van der Waals surface area (Å²) < 4.78 is 1.62. The number of aromatic nitrogens is 4. The molecule has 66 valence electrons. The lowest BCUT2D eigenvalue weighted by Gasteiger charge is -2.01. The van der Waals surface area contributed by atoms with E-state index in [1.165, 1.54) is 6.33 Å². The van der Waals surface area contributed by atoms with Crippen molar-refractivity contribution in [1.82, 2.24) is 19.7 Å². The molecule has 0 saturated heterocycles. The van der Waals surface area contributed by atoms with Gasteiger partial charge in [0, 0.05) is 6.20 Å². The van der Waals surface area contributed by atoms with Crippen molar-refractivity contribution in [1.29, 1.82) is 0 Å². The maximum Gasteiger partial charge on any atom is 0.155 e. The van der Waals surface area contributed by atoms with Gasteiger partial charge >= 0.3 is 0 Å². The van der Waals surface area contributed by atoms with Gasteiger partial charge < -0.3 is 5.73 Å². The van der Waals surface area contributed by atoms with Gasteiger partial charge in [0.1, 0.15) is 12.2 Å². The highest BCUT2D eigenvalue weighted by Crippen LogP contribution is 2.02. The first-order valence-electron chi connectivity index (χ1n) is 3.92. The number of nitrogens with zero attached hydrogens (tertiary/aromatic N) is 4. The topological polar surface area (TPSA) is 69.6 Å². The van der Waals surface area contributed by atoms with Crippen molar-refractivity contribution in [2.75, 3.05) is 0 Å². The molecule has 2 N–H and O–H groups in total. The predicted molar refractivity (Wildman–Crippen MR) is 47.0 cm³/mol. The Morgan fingerprint density at radius 3 is 2.92 bits per heavy atom. The largest absolute Gasteiger partial charge is 0.324 e. The van der Waals surface area contributed by atoms with E-state index < -0.39 is 0 Å². The molecule has 0 fully saturated rings. The third kappa shape index (κ3) is 1.41. The van der Waals surface area contributed by atoms with Gasteiger partial charge in [-0.3, -0.25) is 0 Å². The number of rotatable bonds is 2. The first kappa shape index (κ1) is 7.88. The molecular weight excluding hydrogens is 166 g/mol. The molecule has 0 aromatic carbocycles. The van der Waals surface area contributed by atoms with E-state index in [0.717, 1.165) is 5.82 Å². The van der Waals surface area contributed by atoms with E-state index >= 15 is 0 Å². The summed E-state index contributed by atoms with van der Waals surface area (Å²) >= 11 is 0. The first-order valence-corrected chi connectivity index (χ1v) is 3.92. The van der Waals surface area contributed by atoms with Crippen LogP contribution in [0.1, 0.15) is 5.82 Å². The first-order chi connectivity index (χ1) is 6.42. The van der Waals surface area contributed by atoms with Crippen LogP contribution in [0.3, 0.4) is 0 Å². The van der Waals surface area contributed by atoms with E-state index in [1.54, 1.807) is 10.9 Å². The van der Waals surface area contributed by atoms with Crippen LogP contribution in [0.5, 0.6) is 0 Å². The Balaban J connectivity index is 2.47. The highest BCUT2D eigenvalue weighted by Gasteiger charge is 2.03. The van der Waals surface area contributed by atoms with E-state index in [0.29, 0.717) is 12.4 Å². The Morgan fingerprint density at radius 1 is 1.31 bits per heavy atom. The van der Waals surface area contributed by atoms with Crippen molar-refractivity contribution in [3.63, 3.8) is 0 Å². The smallest absolute Gasteiger partial charge is 0.155 e. The minimum absolute atomic E-state index is 0.358. The van der Waals surface area contributed by atoms with Crippen molar-refractivity contribution in [2.45, 2.75) is 6.54 Å². The van der Waals surface area contributed by atoms with Crippen LogP contribution in [0.15, 0.2) is 30.7 Å². The third-order valence-electron chi connectivity index (χ3n) is 1.67. The molecule has 0 saturated carbocycles. The molecule has 0 spiro atoms. The van der Waals surface area contributed by atoms with Gasteiger partial charge in [-0.1, -0.05) is 6.07 Å². The van der Waals surface area contributed by atoms with Gasteiger partial charge in [0.2, 0.25) is 0 Å². The maximum atomic E-state index is 5.48. The van der Waals surface area contributed by atoms with E-state index in [2.05, 4.69) is 15.1 Å². The Hall–Kier alpha value is -1.75. The lowest BCUT2D eigenvalue weighted by molar-refractivity contribution is 0.769. The van der Waals surface area contributed by atoms with E-state index in [1.807, 2.05) is 18.2 Å². The number of nitrogens with two attached hydrogens (primary N) is 1. The fourth-order valence-electron chi connectivity index (χ4n) is 1.08. The molecule has 0 amide bonds. The third-order valence-corrected chi connectivity index (χ3v) is 1.67. The quantitative estimate of drug-likeness (QED) is 0.703. The van der Waals surface area contributed by atoms with Crippen LogP contribution < -0.4 is 5.73 Å². The van der Waals surface area contributed by atoms with Crippen LogP contribution in [0.25, 0.3) is 5.82 Å². The van der Waals surface area contributed by atoms with E-state index in [4.69, 9.17) is 5.73 Å². The van der Waals surface area contributed by atoms with Crippen molar-refractivity contribution in [2.24, 2.45) is 5.73 Å². The van der Waals surface area contributed by atoms with Crippen LogP contribution in [-0.4, -0.2) is 19.7 Å². The Bertz CT molecular complexity index is 380. The summed E-state index contributed by atoms with van der Waals surface area (Å²) in [6, 6.07) is 5.60. The summed E-state index contributed by atoms with van der Waals surface area (Å²) in [5.74, 6) is 1.44. The minimum atomic E-state index is 0.358. The van der Waals surface area contributed by atoms with Crippen LogP contribution >= 0.6 is 0 Å². The molecular formula is C8H9N5. The monoisotopic (exact) mass is 175 g/mol. The molecule has 2 rings (SSSR count). The molecule has 0 radical (unpaired) electrons. The zero-order chi connectivity index (χ0) is 9.10. The average Bonchev–Trinajstić information content (AvgIpc) is 2.67. The highest BCUT2D eigenvalue weighted by molar-refractivity contribution is 5.20. The Labute approximate surface area is 75.2 Å². The second kappa shape index (κ2) is 3.32. The lowest BCUT2D eigenvalue weighted by atomic mass is 10.4. The molecule has 2 heterocycles. The van der Waals surface area contributed by atoms with Crippen LogP contribution in [0.2, 0.25) is 0 Å². The summed E-state index contributed by atoms with van der Waals surface area (Å²) in [6.45, 7) is 0.358. The van der Waals surface area contributed by atoms with Crippen molar-refractivity contribution < 1.29 is 0 Å². The molecule has 0 aliphatic carbocycles. The molecule has 0 atom stereocenters. The fraction of sp³-hybridized carbons (Fsp3) is 0.125. The van der Waals surface area contributed by atoms with Gasteiger partial charge in [-0.25, -0.2) is 9.97 Å². The second-order valence-electron chi connectivity index (χ2n) is 2.48.